The number of ketones is 1. The van der Waals surface area contributed by atoms with Gasteiger partial charge in [0.2, 0.25) is 0 Å². The van der Waals surface area contributed by atoms with E-state index in [1.54, 1.807) is 0 Å². The van der Waals surface area contributed by atoms with Gasteiger partial charge in [-0.1, -0.05) is 60.7 Å². The molecule has 128 valence electrons. The fraction of sp³-hybridized carbons (Fsp3) is 0. The Morgan fingerprint density at radius 2 is 1.56 bits per heavy atom. The van der Waals surface area contributed by atoms with Crippen LogP contribution in [0.25, 0.3) is 27.7 Å². The minimum Gasteiger partial charge on any atom is -0.300 e. The quantitative estimate of drug-likeness (QED) is 0.410. The summed E-state index contributed by atoms with van der Waals surface area (Å²) in [4.78, 5) is 17.2. The molecule has 0 atom stereocenters. The highest BCUT2D eigenvalue weighted by atomic mass is 16.1. The molecule has 0 spiro atoms. The summed E-state index contributed by atoms with van der Waals surface area (Å²) < 4.78 is 2.07. The van der Waals surface area contributed by atoms with Crippen LogP contribution in [0, 0.1) is 0 Å². The van der Waals surface area contributed by atoms with E-state index < -0.39 is 0 Å². The van der Waals surface area contributed by atoms with E-state index in [4.69, 9.17) is 0 Å². The SMILES string of the molecule is O=C(c1ccccc1)c1ccc2ccc(-c3cnc4ccccn34)cc2c1. The van der Waals surface area contributed by atoms with Crippen LogP contribution < -0.4 is 0 Å². The first-order valence-electron chi connectivity index (χ1n) is 8.86. The third-order valence-electron chi connectivity index (χ3n) is 4.85. The maximum absolute atomic E-state index is 12.8. The average molecular weight is 348 g/mol. The zero-order valence-corrected chi connectivity index (χ0v) is 14.5. The van der Waals surface area contributed by atoms with Crippen LogP contribution in [0.3, 0.4) is 0 Å². The number of aromatic nitrogens is 2. The van der Waals surface area contributed by atoms with Crippen LogP contribution in [0.2, 0.25) is 0 Å². The van der Waals surface area contributed by atoms with Crippen LogP contribution in [0.15, 0.2) is 97.3 Å². The Labute approximate surface area is 156 Å². The van der Waals surface area contributed by atoms with E-state index in [1.165, 1.54) is 0 Å². The smallest absolute Gasteiger partial charge is 0.193 e. The predicted octanol–water partition coefficient (Wildman–Crippen LogP) is 5.39. The van der Waals surface area contributed by atoms with Crippen molar-refractivity contribution < 1.29 is 4.79 Å². The van der Waals surface area contributed by atoms with Crippen molar-refractivity contribution in [1.29, 1.82) is 0 Å². The molecule has 5 aromatic rings. The molecule has 2 aromatic heterocycles. The molecule has 3 nitrogen and oxygen atoms in total. The van der Waals surface area contributed by atoms with Gasteiger partial charge >= 0.3 is 0 Å². The summed E-state index contributed by atoms with van der Waals surface area (Å²) in [6.45, 7) is 0. The summed E-state index contributed by atoms with van der Waals surface area (Å²) in [6, 6.07) is 27.5. The van der Waals surface area contributed by atoms with E-state index >= 15 is 0 Å². The number of carbonyl (C=O) groups excluding carboxylic acids is 1. The van der Waals surface area contributed by atoms with Gasteiger partial charge in [0, 0.05) is 22.9 Å². The molecule has 27 heavy (non-hydrogen) atoms. The number of hydrogen-bond donors (Lipinski definition) is 0. The van der Waals surface area contributed by atoms with Crippen LogP contribution >= 0.6 is 0 Å². The highest BCUT2D eigenvalue weighted by Crippen LogP contribution is 2.26. The van der Waals surface area contributed by atoms with Crippen molar-refractivity contribution in [3.05, 3.63) is 108 Å². The summed E-state index contributed by atoms with van der Waals surface area (Å²) >= 11 is 0. The van der Waals surface area contributed by atoms with Crippen molar-refractivity contribution >= 4 is 22.2 Å². The number of nitrogens with zero attached hydrogens (tertiary/aromatic N) is 2. The fourth-order valence-corrected chi connectivity index (χ4v) is 3.45. The van der Waals surface area contributed by atoms with Crippen LogP contribution in [0.4, 0.5) is 0 Å². The van der Waals surface area contributed by atoms with Crippen molar-refractivity contribution in [3.8, 4) is 11.3 Å². The number of benzene rings is 3. The molecule has 0 saturated carbocycles. The molecule has 0 N–H and O–H groups in total. The topological polar surface area (TPSA) is 34.4 Å². The van der Waals surface area contributed by atoms with Crippen molar-refractivity contribution in [2.24, 2.45) is 0 Å². The Hall–Kier alpha value is -3.72. The Morgan fingerprint density at radius 1 is 0.741 bits per heavy atom. The lowest BCUT2D eigenvalue weighted by Gasteiger charge is -2.07. The molecule has 0 bridgehead atoms. The fourth-order valence-electron chi connectivity index (χ4n) is 3.45. The summed E-state index contributed by atoms with van der Waals surface area (Å²) in [5.41, 5.74) is 4.43. The predicted molar refractivity (Wildman–Crippen MR) is 108 cm³/mol. The molecule has 5 rings (SSSR count). The number of hydrogen-bond acceptors (Lipinski definition) is 2. The second-order valence-corrected chi connectivity index (χ2v) is 6.54. The number of imidazole rings is 1. The molecule has 3 heteroatoms. The maximum atomic E-state index is 12.8. The summed E-state index contributed by atoms with van der Waals surface area (Å²) in [5.74, 6) is 0.0395. The van der Waals surface area contributed by atoms with Crippen molar-refractivity contribution in [2.45, 2.75) is 0 Å². The monoisotopic (exact) mass is 348 g/mol. The van der Waals surface area contributed by atoms with E-state index in [0.717, 1.165) is 27.7 Å². The molecule has 0 aliphatic rings. The van der Waals surface area contributed by atoms with Gasteiger partial charge in [-0.25, -0.2) is 4.98 Å². The molecule has 0 amide bonds. The molecular weight excluding hydrogens is 332 g/mol. The standard InChI is InChI=1S/C24H16N2O/c27-24(18-6-2-1-3-7-18)20-12-10-17-9-11-19(14-21(17)15-20)22-16-25-23-8-4-5-13-26(22)23/h1-16H. The zero-order valence-electron chi connectivity index (χ0n) is 14.5. The molecule has 0 saturated heterocycles. The Balaban J connectivity index is 1.62. The average Bonchev–Trinajstić information content (AvgIpc) is 3.17. The van der Waals surface area contributed by atoms with Crippen molar-refractivity contribution in [3.63, 3.8) is 0 Å². The molecule has 0 unspecified atom stereocenters. The number of pyridine rings is 1. The lowest BCUT2D eigenvalue weighted by Crippen LogP contribution is -2.00. The lowest BCUT2D eigenvalue weighted by atomic mass is 9.98. The number of fused-ring (bicyclic) bond motifs is 2. The van der Waals surface area contributed by atoms with E-state index in [-0.39, 0.29) is 5.78 Å². The van der Waals surface area contributed by atoms with Crippen molar-refractivity contribution in [1.82, 2.24) is 9.38 Å². The van der Waals surface area contributed by atoms with Gasteiger partial charge in [0.15, 0.2) is 5.78 Å². The first-order chi connectivity index (χ1) is 13.3. The largest absolute Gasteiger partial charge is 0.300 e. The third-order valence-corrected chi connectivity index (χ3v) is 4.85. The van der Waals surface area contributed by atoms with Crippen LogP contribution in [0.1, 0.15) is 15.9 Å². The van der Waals surface area contributed by atoms with Gasteiger partial charge in [-0.05, 0) is 35.0 Å². The lowest BCUT2D eigenvalue weighted by molar-refractivity contribution is 0.103. The van der Waals surface area contributed by atoms with Gasteiger partial charge in [-0.3, -0.25) is 9.20 Å². The highest BCUT2D eigenvalue weighted by molar-refractivity contribution is 6.10. The molecule has 0 fully saturated rings. The van der Waals surface area contributed by atoms with E-state index in [9.17, 15) is 4.79 Å². The molecule has 2 heterocycles. The Kier molecular flexibility index (Phi) is 3.58. The molecule has 0 radical (unpaired) electrons. The molecular formula is C24H16N2O. The summed E-state index contributed by atoms with van der Waals surface area (Å²) in [7, 11) is 0. The maximum Gasteiger partial charge on any atom is 0.193 e. The second-order valence-electron chi connectivity index (χ2n) is 6.54. The van der Waals surface area contributed by atoms with E-state index in [0.29, 0.717) is 11.1 Å². The first-order valence-corrected chi connectivity index (χ1v) is 8.86. The minimum absolute atomic E-state index is 0.0395. The van der Waals surface area contributed by atoms with Gasteiger partial charge in [-0.15, -0.1) is 0 Å². The van der Waals surface area contributed by atoms with E-state index in [2.05, 4.69) is 27.6 Å². The Bertz CT molecular complexity index is 1290. The number of rotatable bonds is 3. The van der Waals surface area contributed by atoms with Crippen LogP contribution in [-0.2, 0) is 0 Å². The normalized spacial score (nSPS) is 11.1. The minimum atomic E-state index is 0.0395. The van der Waals surface area contributed by atoms with Crippen LogP contribution in [-0.4, -0.2) is 15.2 Å². The van der Waals surface area contributed by atoms with Gasteiger partial charge in [0.05, 0.1) is 11.9 Å². The van der Waals surface area contributed by atoms with Gasteiger partial charge in [-0.2, -0.15) is 0 Å². The second kappa shape index (κ2) is 6.22. The summed E-state index contributed by atoms with van der Waals surface area (Å²) in [5, 5.41) is 2.15. The van der Waals surface area contributed by atoms with E-state index in [1.807, 2.05) is 79.1 Å². The van der Waals surface area contributed by atoms with Gasteiger partial charge < -0.3 is 0 Å². The van der Waals surface area contributed by atoms with Gasteiger partial charge in [0.1, 0.15) is 5.65 Å². The summed E-state index contributed by atoms with van der Waals surface area (Å²) in [6.07, 6.45) is 3.90. The Morgan fingerprint density at radius 3 is 2.44 bits per heavy atom. The first kappa shape index (κ1) is 15.5. The van der Waals surface area contributed by atoms with Crippen molar-refractivity contribution in [2.75, 3.05) is 0 Å². The molecule has 3 aromatic carbocycles. The number of carbonyl (C=O) groups is 1. The zero-order chi connectivity index (χ0) is 18.2. The molecule has 0 aliphatic carbocycles. The third kappa shape index (κ3) is 2.70. The highest BCUT2D eigenvalue weighted by Gasteiger charge is 2.10. The molecule has 0 aliphatic heterocycles. The van der Waals surface area contributed by atoms with Gasteiger partial charge in [0.25, 0.3) is 0 Å². The van der Waals surface area contributed by atoms with Crippen LogP contribution in [0.5, 0.6) is 0 Å².